The van der Waals surface area contributed by atoms with Crippen molar-refractivity contribution in [1.82, 2.24) is 25.1 Å². The maximum atomic E-state index is 12.2. The Bertz CT molecular complexity index is 923. The number of hydrogen-bond donors (Lipinski definition) is 2. The molecule has 2 heterocycles. The number of carbonyl (C=O) groups is 2. The number of nitrogens with zero attached hydrogens (tertiary/aromatic N) is 4. The number of hydrogen-bond acceptors (Lipinski definition) is 7. The van der Waals surface area contributed by atoms with E-state index in [9.17, 15) is 14.7 Å². The fraction of sp³-hybridized carbons (Fsp3) is 0.118. The van der Waals surface area contributed by atoms with Crippen molar-refractivity contribution in [1.29, 1.82) is 0 Å². The monoisotopic (exact) mass is 353 g/mol. The van der Waals surface area contributed by atoms with Crippen LogP contribution in [0.25, 0.3) is 5.95 Å². The average molecular weight is 353 g/mol. The minimum Gasteiger partial charge on any atom is -0.493 e. The van der Waals surface area contributed by atoms with E-state index in [1.165, 1.54) is 18.0 Å². The summed E-state index contributed by atoms with van der Waals surface area (Å²) in [6, 6.07) is 8.29. The standard InChI is InChI=1S/C17H15N5O4/c1-26-16(25)12-5-3-11(4-6-12)9-18-14(23)13-10-19-17(21-15(13)24)22-8-2-7-20-22/h2-8,10H,9H2,1H3,(H,18,23)(H,19,21,24). The zero-order valence-corrected chi connectivity index (χ0v) is 13.8. The van der Waals surface area contributed by atoms with Crippen molar-refractivity contribution in [3.8, 4) is 11.8 Å². The second kappa shape index (κ2) is 7.43. The minimum absolute atomic E-state index is 0.0490. The van der Waals surface area contributed by atoms with E-state index in [1.54, 1.807) is 42.7 Å². The zero-order chi connectivity index (χ0) is 18.5. The third kappa shape index (κ3) is 3.66. The quantitative estimate of drug-likeness (QED) is 0.659. The normalized spacial score (nSPS) is 10.3. The van der Waals surface area contributed by atoms with E-state index < -0.39 is 17.8 Å². The second-order valence-electron chi connectivity index (χ2n) is 5.23. The molecule has 0 radical (unpaired) electrons. The summed E-state index contributed by atoms with van der Waals surface area (Å²) in [5.41, 5.74) is 1.15. The Morgan fingerprint density at radius 2 is 2.04 bits per heavy atom. The number of esters is 1. The van der Waals surface area contributed by atoms with Crippen LogP contribution in [-0.4, -0.2) is 43.8 Å². The van der Waals surface area contributed by atoms with Crippen LogP contribution in [0.1, 0.15) is 26.3 Å². The van der Waals surface area contributed by atoms with Gasteiger partial charge in [0.05, 0.1) is 12.7 Å². The van der Waals surface area contributed by atoms with Crippen molar-refractivity contribution < 1.29 is 19.4 Å². The number of nitrogens with one attached hydrogen (secondary N) is 1. The molecule has 1 aromatic carbocycles. The summed E-state index contributed by atoms with van der Waals surface area (Å²) in [6.07, 6.45) is 4.40. The van der Waals surface area contributed by atoms with Crippen LogP contribution in [0.5, 0.6) is 5.88 Å². The van der Waals surface area contributed by atoms with Crippen LogP contribution in [0.2, 0.25) is 0 Å². The lowest BCUT2D eigenvalue weighted by molar-refractivity contribution is 0.0600. The van der Waals surface area contributed by atoms with Crippen molar-refractivity contribution in [3.05, 3.63) is 65.6 Å². The molecule has 0 unspecified atom stereocenters. The molecule has 0 spiro atoms. The van der Waals surface area contributed by atoms with E-state index in [2.05, 4.69) is 25.1 Å². The van der Waals surface area contributed by atoms with Gasteiger partial charge in [0, 0.05) is 25.1 Å². The van der Waals surface area contributed by atoms with Gasteiger partial charge in [0.1, 0.15) is 5.56 Å². The molecule has 3 rings (SSSR count). The van der Waals surface area contributed by atoms with Crippen molar-refractivity contribution in [2.45, 2.75) is 6.54 Å². The third-order valence-corrected chi connectivity index (χ3v) is 3.54. The number of benzene rings is 1. The van der Waals surface area contributed by atoms with Crippen LogP contribution in [0, 0.1) is 0 Å². The van der Waals surface area contributed by atoms with Gasteiger partial charge in [0.2, 0.25) is 5.88 Å². The molecule has 9 nitrogen and oxygen atoms in total. The molecule has 132 valence electrons. The van der Waals surface area contributed by atoms with E-state index in [0.717, 1.165) is 5.56 Å². The number of aromatic nitrogens is 4. The van der Waals surface area contributed by atoms with Crippen molar-refractivity contribution >= 4 is 11.9 Å². The molecule has 0 bridgehead atoms. The van der Waals surface area contributed by atoms with Gasteiger partial charge in [-0.15, -0.1) is 0 Å². The maximum Gasteiger partial charge on any atom is 0.337 e. The van der Waals surface area contributed by atoms with Crippen molar-refractivity contribution in [2.75, 3.05) is 7.11 Å². The van der Waals surface area contributed by atoms with Gasteiger partial charge in [-0.25, -0.2) is 14.5 Å². The lowest BCUT2D eigenvalue weighted by Crippen LogP contribution is -2.23. The maximum absolute atomic E-state index is 12.2. The molecular weight excluding hydrogens is 338 g/mol. The molecule has 2 aromatic heterocycles. The molecule has 2 N–H and O–H groups in total. The Morgan fingerprint density at radius 3 is 2.65 bits per heavy atom. The highest BCUT2D eigenvalue weighted by Gasteiger charge is 2.15. The molecule has 3 aromatic rings. The number of ether oxygens (including phenoxy) is 1. The molecule has 0 saturated carbocycles. The van der Waals surface area contributed by atoms with Gasteiger partial charge in [0.15, 0.2) is 0 Å². The summed E-state index contributed by atoms with van der Waals surface area (Å²) in [6.45, 7) is 0.209. The van der Waals surface area contributed by atoms with Crippen molar-refractivity contribution in [3.63, 3.8) is 0 Å². The highest BCUT2D eigenvalue weighted by Crippen LogP contribution is 2.14. The van der Waals surface area contributed by atoms with Crippen LogP contribution >= 0.6 is 0 Å². The largest absolute Gasteiger partial charge is 0.493 e. The van der Waals surface area contributed by atoms with E-state index in [0.29, 0.717) is 5.56 Å². The fourth-order valence-electron chi connectivity index (χ4n) is 2.18. The van der Waals surface area contributed by atoms with Gasteiger partial charge in [-0.2, -0.15) is 10.1 Å². The highest BCUT2D eigenvalue weighted by atomic mass is 16.5. The molecule has 1 amide bonds. The third-order valence-electron chi connectivity index (χ3n) is 3.54. The summed E-state index contributed by atoms with van der Waals surface area (Å²) in [7, 11) is 1.31. The number of aromatic hydroxyl groups is 1. The molecule has 26 heavy (non-hydrogen) atoms. The number of rotatable bonds is 5. The van der Waals surface area contributed by atoms with Gasteiger partial charge in [0.25, 0.3) is 11.9 Å². The van der Waals surface area contributed by atoms with Gasteiger partial charge in [-0.3, -0.25) is 4.79 Å². The lowest BCUT2D eigenvalue weighted by atomic mass is 10.1. The first-order valence-corrected chi connectivity index (χ1v) is 7.60. The minimum atomic E-state index is -0.522. The Kier molecular flexibility index (Phi) is 4.88. The molecule has 0 aliphatic rings. The summed E-state index contributed by atoms with van der Waals surface area (Å²) in [4.78, 5) is 31.5. The van der Waals surface area contributed by atoms with Gasteiger partial charge in [-0.1, -0.05) is 12.1 Å². The average Bonchev–Trinajstić information content (AvgIpc) is 3.20. The molecule has 0 fully saturated rings. The van der Waals surface area contributed by atoms with Crippen LogP contribution in [-0.2, 0) is 11.3 Å². The van der Waals surface area contributed by atoms with Gasteiger partial charge < -0.3 is 15.2 Å². The first-order chi connectivity index (χ1) is 12.6. The molecule has 0 aliphatic carbocycles. The number of amides is 1. The predicted octanol–water partition coefficient (Wildman–Crippen LogP) is 1.08. The summed E-state index contributed by atoms with van der Waals surface area (Å²) < 4.78 is 5.99. The molecule has 0 saturated heterocycles. The van der Waals surface area contributed by atoms with E-state index >= 15 is 0 Å². The van der Waals surface area contributed by atoms with Crippen LogP contribution < -0.4 is 5.32 Å². The van der Waals surface area contributed by atoms with Crippen LogP contribution in [0.4, 0.5) is 0 Å². The Hall–Kier alpha value is -3.75. The zero-order valence-electron chi connectivity index (χ0n) is 13.8. The van der Waals surface area contributed by atoms with Gasteiger partial charge >= 0.3 is 5.97 Å². The summed E-state index contributed by atoms with van der Waals surface area (Å²) in [5, 5.41) is 16.6. The van der Waals surface area contributed by atoms with E-state index in [-0.39, 0.29) is 18.1 Å². The second-order valence-corrected chi connectivity index (χ2v) is 5.23. The first-order valence-electron chi connectivity index (χ1n) is 7.60. The molecule has 0 aliphatic heterocycles. The Balaban J connectivity index is 1.66. The number of methoxy groups -OCH3 is 1. The fourth-order valence-corrected chi connectivity index (χ4v) is 2.18. The SMILES string of the molecule is COC(=O)c1ccc(CNC(=O)c2cnc(-n3cccn3)nc2O)cc1. The smallest absolute Gasteiger partial charge is 0.337 e. The summed E-state index contributed by atoms with van der Waals surface area (Å²) >= 11 is 0. The van der Waals surface area contributed by atoms with E-state index in [1.807, 2.05) is 0 Å². The molecule has 9 heteroatoms. The highest BCUT2D eigenvalue weighted by molar-refractivity contribution is 5.96. The predicted molar refractivity (Wildman–Crippen MR) is 89.8 cm³/mol. The van der Waals surface area contributed by atoms with E-state index in [4.69, 9.17) is 0 Å². The van der Waals surface area contributed by atoms with Crippen molar-refractivity contribution in [2.24, 2.45) is 0 Å². The Labute approximate surface area is 148 Å². The topological polar surface area (TPSA) is 119 Å². The molecular formula is C17H15N5O4. The Morgan fingerprint density at radius 1 is 1.27 bits per heavy atom. The summed E-state index contributed by atoms with van der Waals surface area (Å²) in [5.74, 6) is -1.24. The molecule has 0 atom stereocenters. The van der Waals surface area contributed by atoms with Crippen LogP contribution in [0.3, 0.4) is 0 Å². The first kappa shape index (κ1) is 17.1. The van der Waals surface area contributed by atoms with Crippen LogP contribution in [0.15, 0.2) is 48.9 Å². The van der Waals surface area contributed by atoms with Gasteiger partial charge in [-0.05, 0) is 23.8 Å². The lowest BCUT2D eigenvalue weighted by Gasteiger charge is -2.08. The number of carbonyl (C=O) groups excluding carboxylic acids is 2.